The van der Waals surface area contributed by atoms with Gasteiger partial charge in [-0.2, -0.15) is 0 Å². The maximum absolute atomic E-state index is 13.3. The molecule has 0 bridgehead atoms. The van der Waals surface area contributed by atoms with Crippen molar-refractivity contribution in [2.75, 3.05) is 13.1 Å². The van der Waals surface area contributed by atoms with Crippen LogP contribution in [0.4, 0.5) is 13.2 Å². The summed E-state index contributed by atoms with van der Waals surface area (Å²) in [4.78, 5) is 20.2. The fourth-order valence-electron chi connectivity index (χ4n) is 5.30. The van der Waals surface area contributed by atoms with E-state index in [1.165, 1.54) is 12.1 Å². The second kappa shape index (κ2) is 10.1. The van der Waals surface area contributed by atoms with Gasteiger partial charge in [0, 0.05) is 30.8 Å². The molecule has 0 spiro atoms. The molecule has 0 saturated carbocycles. The van der Waals surface area contributed by atoms with Crippen LogP contribution in [-0.4, -0.2) is 39.8 Å². The van der Waals surface area contributed by atoms with Crippen LogP contribution in [0.25, 0.3) is 33.2 Å². The van der Waals surface area contributed by atoms with Gasteiger partial charge < -0.3 is 14.2 Å². The molecule has 6 rings (SSSR count). The molecule has 1 amide bonds. The lowest BCUT2D eigenvalue weighted by atomic mass is 10.0. The third kappa shape index (κ3) is 5.19. The third-order valence-corrected chi connectivity index (χ3v) is 7.17. The molecule has 0 N–H and O–H groups in total. The van der Waals surface area contributed by atoms with Crippen LogP contribution in [0.1, 0.15) is 35.2 Å². The van der Waals surface area contributed by atoms with Gasteiger partial charge in [-0.15, -0.1) is 13.2 Å². The molecule has 1 aliphatic rings. The van der Waals surface area contributed by atoms with Gasteiger partial charge in [-0.05, 0) is 65.9 Å². The number of rotatable bonds is 5. The second-order valence-corrected chi connectivity index (χ2v) is 9.80. The number of alkyl halides is 3. The Morgan fingerprint density at radius 3 is 2.38 bits per heavy atom. The lowest BCUT2D eigenvalue weighted by Gasteiger charge is -2.26. The number of amides is 1. The molecule has 8 heteroatoms. The highest BCUT2D eigenvalue weighted by Crippen LogP contribution is 2.33. The van der Waals surface area contributed by atoms with Crippen LogP contribution in [-0.2, 0) is 6.54 Å². The summed E-state index contributed by atoms with van der Waals surface area (Å²) >= 11 is 0. The number of carbonyl (C=O) groups is 1. The van der Waals surface area contributed by atoms with Gasteiger partial charge in [-0.25, -0.2) is 4.98 Å². The number of hydrogen-bond donors (Lipinski definition) is 0. The average molecular weight is 530 g/mol. The summed E-state index contributed by atoms with van der Waals surface area (Å²) in [6, 6.07) is 25.5. The Kier molecular flexibility index (Phi) is 6.46. The Labute approximate surface area is 223 Å². The number of hydrogen-bond acceptors (Lipinski definition) is 3. The van der Waals surface area contributed by atoms with Crippen LogP contribution in [0.15, 0.2) is 84.9 Å². The van der Waals surface area contributed by atoms with E-state index in [1.54, 1.807) is 12.1 Å². The molecule has 2 heterocycles. The number of piperidine rings is 1. The smallest absolute Gasteiger partial charge is 0.406 e. The Bertz CT molecular complexity index is 1650. The third-order valence-electron chi connectivity index (χ3n) is 7.17. The van der Waals surface area contributed by atoms with Crippen molar-refractivity contribution in [2.45, 2.75) is 32.2 Å². The van der Waals surface area contributed by atoms with Crippen molar-refractivity contribution < 1.29 is 22.7 Å². The Morgan fingerprint density at radius 1 is 0.872 bits per heavy atom. The summed E-state index contributed by atoms with van der Waals surface area (Å²) in [5.41, 5.74) is 3.84. The minimum atomic E-state index is -4.75. The molecule has 5 nitrogen and oxygen atoms in total. The average Bonchev–Trinajstić information content (AvgIpc) is 3.30. The minimum Gasteiger partial charge on any atom is -0.406 e. The Balaban J connectivity index is 1.46. The topological polar surface area (TPSA) is 47.4 Å². The van der Waals surface area contributed by atoms with Gasteiger partial charge in [0.2, 0.25) is 0 Å². The highest BCUT2D eigenvalue weighted by Gasteiger charge is 2.31. The first-order chi connectivity index (χ1) is 18.9. The number of ether oxygens (including phenoxy) is 1. The predicted octanol–water partition coefficient (Wildman–Crippen LogP) is 7.43. The molecule has 5 aromatic rings. The zero-order valence-electron chi connectivity index (χ0n) is 21.1. The van der Waals surface area contributed by atoms with Crippen LogP contribution < -0.4 is 4.74 Å². The second-order valence-electron chi connectivity index (χ2n) is 9.80. The van der Waals surface area contributed by atoms with Crippen LogP contribution in [0.3, 0.4) is 0 Å². The zero-order chi connectivity index (χ0) is 27.0. The van der Waals surface area contributed by atoms with E-state index in [1.807, 2.05) is 70.1 Å². The monoisotopic (exact) mass is 529 g/mol. The summed E-state index contributed by atoms with van der Waals surface area (Å²) < 4.78 is 44.1. The minimum absolute atomic E-state index is 0.00436. The first kappa shape index (κ1) is 25.0. The van der Waals surface area contributed by atoms with Gasteiger partial charge in [0.1, 0.15) is 11.6 Å². The van der Waals surface area contributed by atoms with Crippen LogP contribution >= 0.6 is 0 Å². The summed E-state index contributed by atoms with van der Waals surface area (Å²) in [7, 11) is 0. The van der Waals surface area contributed by atoms with E-state index in [0.717, 1.165) is 71.1 Å². The molecule has 1 aliphatic heterocycles. The van der Waals surface area contributed by atoms with Crippen molar-refractivity contribution in [3.8, 4) is 17.1 Å². The van der Waals surface area contributed by atoms with E-state index >= 15 is 0 Å². The van der Waals surface area contributed by atoms with E-state index in [0.29, 0.717) is 12.1 Å². The van der Waals surface area contributed by atoms with Crippen molar-refractivity contribution in [2.24, 2.45) is 0 Å². The highest BCUT2D eigenvalue weighted by molar-refractivity contribution is 6.00. The van der Waals surface area contributed by atoms with Crippen molar-refractivity contribution in [1.82, 2.24) is 14.5 Å². The zero-order valence-corrected chi connectivity index (χ0v) is 21.1. The number of fused-ring (bicyclic) bond motifs is 2. The van der Waals surface area contributed by atoms with Crippen molar-refractivity contribution in [3.63, 3.8) is 0 Å². The number of carbonyl (C=O) groups excluding carboxylic acids is 1. The molecular formula is C31H26F3N3O2. The molecule has 0 radical (unpaired) electrons. The van der Waals surface area contributed by atoms with E-state index in [4.69, 9.17) is 4.98 Å². The van der Waals surface area contributed by atoms with Gasteiger partial charge in [-0.3, -0.25) is 4.79 Å². The number of halogens is 3. The maximum atomic E-state index is 13.3. The number of benzene rings is 4. The molecule has 198 valence electrons. The highest BCUT2D eigenvalue weighted by atomic mass is 19.4. The first-order valence-electron chi connectivity index (χ1n) is 13.0. The van der Waals surface area contributed by atoms with Crippen molar-refractivity contribution in [1.29, 1.82) is 0 Å². The van der Waals surface area contributed by atoms with Gasteiger partial charge in [0.25, 0.3) is 5.91 Å². The Hall–Kier alpha value is -4.33. The largest absolute Gasteiger partial charge is 0.573 e. The summed E-state index contributed by atoms with van der Waals surface area (Å²) in [5, 5.41) is 2.11. The fourth-order valence-corrected chi connectivity index (χ4v) is 5.30. The molecule has 0 unspecified atom stereocenters. The number of nitrogens with zero attached hydrogens (tertiary/aromatic N) is 3. The van der Waals surface area contributed by atoms with Crippen LogP contribution in [0.5, 0.6) is 5.75 Å². The standard InChI is InChI=1S/C31H26F3N3O2/c32-31(33,34)39-24-14-11-21(12-15-24)20-37-28-19-23(30(38)36-17-4-1-5-18-36)13-16-27(28)35-29(37)26-10-6-8-22-7-2-3-9-25(22)26/h2-3,6-16,19H,1,4-5,17-18,20H2. The van der Waals surface area contributed by atoms with Gasteiger partial charge in [0.15, 0.2) is 0 Å². The molecule has 1 fully saturated rings. The van der Waals surface area contributed by atoms with Gasteiger partial charge in [0.05, 0.1) is 11.0 Å². The van der Waals surface area contributed by atoms with Crippen molar-refractivity contribution >= 4 is 27.7 Å². The van der Waals surface area contributed by atoms with E-state index in [2.05, 4.69) is 4.74 Å². The predicted molar refractivity (Wildman–Crippen MR) is 145 cm³/mol. The molecule has 4 aromatic carbocycles. The summed E-state index contributed by atoms with van der Waals surface area (Å²) in [6.45, 7) is 1.86. The van der Waals surface area contributed by atoms with E-state index in [9.17, 15) is 18.0 Å². The molecule has 0 aliphatic carbocycles. The Morgan fingerprint density at radius 2 is 1.62 bits per heavy atom. The first-order valence-corrected chi connectivity index (χ1v) is 13.0. The summed E-state index contributed by atoms with van der Waals surface area (Å²) in [5.74, 6) is 0.454. The fraction of sp³-hybridized carbons (Fsp3) is 0.226. The number of likely N-dealkylation sites (tertiary alicyclic amines) is 1. The van der Waals surface area contributed by atoms with Gasteiger partial charge in [-0.1, -0.05) is 54.6 Å². The van der Waals surface area contributed by atoms with Crippen molar-refractivity contribution in [3.05, 3.63) is 96.1 Å². The molecule has 1 saturated heterocycles. The van der Waals surface area contributed by atoms with E-state index < -0.39 is 6.36 Å². The SMILES string of the molecule is O=C(c1ccc2nc(-c3cccc4ccccc34)n(Cc3ccc(OC(F)(F)F)cc3)c2c1)N1CCCCC1. The molecular weight excluding hydrogens is 503 g/mol. The van der Waals surface area contributed by atoms with Crippen LogP contribution in [0, 0.1) is 0 Å². The lowest BCUT2D eigenvalue weighted by molar-refractivity contribution is -0.274. The number of aromatic nitrogens is 2. The van der Waals surface area contributed by atoms with Gasteiger partial charge >= 0.3 is 6.36 Å². The normalized spacial score (nSPS) is 14.2. The number of imidazole rings is 1. The van der Waals surface area contributed by atoms with E-state index in [-0.39, 0.29) is 11.7 Å². The molecule has 1 aromatic heterocycles. The quantitative estimate of drug-likeness (QED) is 0.238. The lowest BCUT2D eigenvalue weighted by Crippen LogP contribution is -2.35. The summed E-state index contributed by atoms with van der Waals surface area (Å²) in [6.07, 6.45) is -1.60. The molecule has 39 heavy (non-hydrogen) atoms. The van der Waals surface area contributed by atoms with Crippen LogP contribution in [0.2, 0.25) is 0 Å². The maximum Gasteiger partial charge on any atom is 0.573 e. The molecule has 0 atom stereocenters.